The van der Waals surface area contributed by atoms with Crippen molar-refractivity contribution in [2.45, 2.75) is 6.92 Å². The highest BCUT2D eigenvalue weighted by molar-refractivity contribution is 6.31. The number of rotatable bonds is 3. The van der Waals surface area contributed by atoms with Crippen LogP contribution in [0.4, 0.5) is 0 Å². The Labute approximate surface area is 154 Å². The van der Waals surface area contributed by atoms with E-state index in [9.17, 15) is 4.79 Å². The number of hydrogen-bond donors (Lipinski definition) is 0. The van der Waals surface area contributed by atoms with Gasteiger partial charge in [-0.1, -0.05) is 53.2 Å². The third-order valence-electron chi connectivity index (χ3n) is 3.92. The fraction of sp³-hybridized carbons (Fsp3) is 0.0500. The molecule has 128 valence electrons. The van der Waals surface area contributed by atoms with E-state index in [0.29, 0.717) is 33.3 Å². The highest BCUT2D eigenvalue weighted by Crippen LogP contribution is 2.19. The Morgan fingerprint density at radius 3 is 2.62 bits per heavy atom. The van der Waals surface area contributed by atoms with Gasteiger partial charge in [-0.05, 0) is 36.8 Å². The molecule has 0 aliphatic heterocycles. The summed E-state index contributed by atoms with van der Waals surface area (Å²) in [5, 5.41) is 4.77. The molecule has 2 heterocycles. The summed E-state index contributed by atoms with van der Waals surface area (Å²) in [5.74, 6) is 0.763. The summed E-state index contributed by atoms with van der Waals surface area (Å²) in [6.45, 7) is 1.79. The second kappa shape index (κ2) is 6.61. The summed E-state index contributed by atoms with van der Waals surface area (Å²) in [4.78, 5) is 17.7. The summed E-state index contributed by atoms with van der Waals surface area (Å²) >= 11 is 6.05. The molecule has 0 saturated carbocycles. The van der Waals surface area contributed by atoms with Gasteiger partial charge in [0.1, 0.15) is 5.82 Å². The van der Waals surface area contributed by atoms with Gasteiger partial charge in [0.05, 0.1) is 16.6 Å². The number of hydrogen-bond acceptors (Lipinski definition) is 4. The molecule has 0 saturated heterocycles. The maximum Gasteiger partial charge on any atom is 0.268 e. The van der Waals surface area contributed by atoms with Crippen molar-refractivity contribution in [3.63, 3.8) is 0 Å². The molecule has 0 atom stereocenters. The van der Waals surface area contributed by atoms with Crippen LogP contribution in [0.2, 0.25) is 5.02 Å². The largest absolute Gasteiger partial charge is 0.338 e. The Bertz CT molecular complexity index is 1180. The quantitative estimate of drug-likeness (QED) is 0.537. The van der Waals surface area contributed by atoms with E-state index in [1.54, 1.807) is 37.3 Å². The Balaban J connectivity index is 1.96. The highest BCUT2D eigenvalue weighted by atomic mass is 35.5. The predicted octanol–water partition coefficient (Wildman–Crippen LogP) is 4.51. The van der Waals surface area contributed by atoms with Crippen molar-refractivity contribution < 1.29 is 4.52 Å². The van der Waals surface area contributed by atoms with E-state index in [2.05, 4.69) is 10.1 Å². The summed E-state index contributed by atoms with van der Waals surface area (Å²) in [6, 6.07) is 16.5. The standard InChI is InChI=1S/C20H14ClN3O2/c1-13-11-19(26-23-13)24-18(10-7-14-5-3-2-4-6-14)22-17-9-8-15(21)12-16(17)20(24)25/h2-12H,1H3/b10-7+. The summed E-state index contributed by atoms with van der Waals surface area (Å²) in [7, 11) is 0. The molecule has 5 nitrogen and oxygen atoms in total. The molecule has 0 amide bonds. The number of aryl methyl sites for hydroxylation is 1. The number of aromatic nitrogens is 3. The number of benzene rings is 2. The first kappa shape index (κ1) is 16.3. The van der Waals surface area contributed by atoms with Gasteiger partial charge >= 0.3 is 0 Å². The van der Waals surface area contributed by atoms with Crippen LogP contribution in [0, 0.1) is 6.92 Å². The molecule has 0 fully saturated rings. The second-order valence-electron chi connectivity index (χ2n) is 5.82. The Morgan fingerprint density at radius 1 is 1.08 bits per heavy atom. The molecule has 0 bridgehead atoms. The van der Waals surface area contributed by atoms with Crippen LogP contribution in [0.5, 0.6) is 0 Å². The average molecular weight is 364 g/mol. The lowest BCUT2D eigenvalue weighted by molar-refractivity contribution is 0.398. The van der Waals surface area contributed by atoms with Crippen LogP contribution in [-0.4, -0.2) is 14.7 Å². The van der Waals surface area contributed by atoms with Crippen molar-refractivity contribution in [3.8, 4) is 5.88 Å². The van der Waals surface area contributed by atoms with Crippen molar-refractivity contribution in [2.24, 2.45) is 0 Å². The molecular formula is C20H14ClN3O2. The average Bonchev–Trinajstić information content (AvgIpc) is 3.07. The zero-order valence-electron chi connectivity index (χ0n) is 13.9. The van der Waals surface area contributed by atoms with Crippen molar-refractivity contribution in [1.29, 1.82) is 0 Å². The van der Waals surface area contributed by atoms with Crippen LogP contribution in [0.1, 0.15) is 17.1 Å². The number of nitrogens with zero attached hydrogens (tertiary/aromatic N) is 3. The minimum Gasteiger partial charge on any atom is -0.338 e. The van der Waals surface area contributed by atoms with E-state index in [1.807, 2.05) is 36.4 Å². The predicted molar refractivity (Wildman–Crippen MR) is 103 cm³/mol. The van der Waals surface area contributed by atoms with E-state index in [1.165, 1.54) is 4.57 Å². The third-order valence-corrected chi connectivity index (χ3v) is 4.15. The normalized spacial score (nSPS) is 11.5. The Morgan fingerprint density at radius 2 is 1.88 bits per heavy atom. The van der Waals surface area contributed by atoms with E-state index >= 15 is 0 Å². The van der Waals surface area contributed by atoms with Gasteiger partial charge in [0, 0.05) is 11.1 Å². The molecule has 2 aromatic heterocycles. The van der Waals surface area contributed by atoms with Crippen LogP contribution < -0.4 is 5.56 Å². The molecule has 26 heavy (non-hydrogen) atoms. The molecule has 0 radical (unpaired) electrons. The van der Waals surface area contributed by atoms with Gasteiger partial charge in [0.2, 0.25) is 5.88 Å². The van der Waals surface area contributed by atoms with E-state index in [-0.39, 0.29) is 5.56 Å². The van der Waals surface area contributed by atoms with Crippen LogP contribution >= 0.6 is 11.6 Å². The molecule has 6 heteroatoms. The van der Waals surface area contributed by atoms with E-state index < -0.39 is 0 Å². The van der Waals surface area contributed by atoms with Gasteiger partial charge in [0.15, 0.2) is 0 Å². The molecule has 0 aliphatic rings. The van der Waals surface area contributed by atoms with Gasteiger partial charge in [-0.3, -0.25) is 4.79 Å². The highest BCUT2D eigenvalue weighted by Gasteiger charge is 2.14. The summed E-state index contributed by atoms with van der Waals surface area (Å²) in [6.07, 6.45) is 3.67. The summed E-state index contributed by atoms with van der Waals surface area (Å²) in [5.41, 5.74) is 1.98. The fourth-order valence-corrected chi connectivity index (χ4v) is 2.86. The topological polar surface area (TPSA) is 60.9 Å². The third kappa shape index (κ3) is 3.05. The van der Waals surface area contributed by atoms with Crippen molar-refractivity contribution in [1.82, 2.24) is 14.7 Å². The number of fused-ring (bicyclic) bond motifs is 1. The smallest absolute Gasteiger partial charge is 0.268 e. The molecule has 0 unspecified atom stereocenters. The molecule has 2 aromatic carbocycles. The van der Waals surface area contributed by atoms with Crippen LogP contribution in [0.3, 0.4) is 0 Å². The molecule has 0 spiro atoms. The van der Waals surface area contributed by atoms with Crippen LogP contribution in [0.25, 0.3) is 28.9 Å². The van der Waals surface area contributed by atoms with Gasteiger partial charge in [0.25, 0.3) is 5.56 Å². The fourth-order valence-electron chi connectivity index (χ4n) is 2.69. The second-order valence-corrected chi connectivity index (χ2v) is 6.26. The van der Waals surface area contributed by atoms with Crippen LogP contribution in [0.15, 0.2) is 63.9 Å². The van der Waals surface area contributed by atoms with E-state index in [0.717, 1.165) is 5.56 Å². The number of halogens is 1. The molecular weight excluding hydrogens is 350 g/mol. The van der Waals surface area contributed by atoms with Gasteiger partial charge in [-0.15, -0.1) is 0 Å². The zero-order valence-corrected chi connectivity index (χ0v) is 14.6. The van der Waals surface area contributed by atoms with Gasteiger partial charge in [-0.2, -0.15) is 0 Å². The van der Waals surface area contributed by atoms with E-state index in [4.69, 9.17) is 16.1 Å². The molecule has 0 aliphatic carbocycles. The van der Waals surface area contributed by atoms with Gasteiger partial charge < -0.3 is 4.52 Å². The van der Waals surface area contributed by atoms with Crippen molar-refractivity contribution >= 4 is 34.7 Å². The van der Waals surface area contributed by atoms with Gasteiger partial charge in [-0.25, -0.2) is 9.55 Å². The van der Waals surface area contributed by atoms with Crippen molar-refractivity contribution in [3.05, 3.63) is 87.1 Å². The Kier molecular flexibility index (Phi) is 4.14. The maximum atomic E-state index is 13.1. The Hall–Kier alpha value is -3.18. The van der Waals surface area contributed by atoms with Crippen LogP contribution in [-0.2, 0) is 0 Å². The molecule has 4 rings (SSSR count). The lowest BCUT2D eigenvalue weighted by Crippen LogP contribution is -2.22. The molecule has 0 N–H and O–H groups in total. The minimum atomic E-state index is -0.263. The van der Waals surface area contributed by atoms with Crippen molar-refractivity contribution in [2.75, 3.05) is 0 Å². The monoisotopic (exact) mass is 363 g/mol. The first-order valence-electron chi connectivity index (χ1n) is 8.01. The first-order chi connectivity index (χ1) is 12.6. The lowest BCUT2D eigenvalue weighted by Gasteiger charge is -2.08. The first-order valence-corrected chi connectivity index (χ1v) is 8.39. The molecule has 4 aromatic rings. The maximum absolute atomic E-state index is 13.1. The zero-order chi connectivity index (χ0) is 18.1. The summed E-state index contributed by atoms with van der Waals surface area (Å²) < 4.78 is 6.71. The lowest BCUT2D eigenvalue weighted by atomic mass is 10.2. The minimum absolute atomic E-state index is 0.263. The SMILES string of the molecule is Cc1cc(-n2c(/C=C/c3ccccc3)nc3ccc(Cl)cc3c2=O)on1.